The highest BCUT2D eigenvalue weighted by molar-refractivity contribution is 6.76. The van der Waals surface area contributed by atoms with Gasteiger partial charge in [-0.15, -0.1) is 0 Å². The SMILES string of the molecule is C[Si](C)(C)CCOCN1C=C2CC([C@H]3CN4CCC3CC4)CC3(N=N3)C2=CC1. The van der Waals surface area contributed by atoms with Crippen LogP contribution in [0.25, 0.3) is 0 Å². The Morgan fingerprint density at radius 1 is 1.18 bits per heavy atom. The summed E-state index contributed by atoms with van der Waals surface area (Å²) in [7, 11) is -1.02. The Morgan fingerprint density at radius 2 is 1.96 bits per heavy atom. The Labute approximate surface area is 170 Å². The highest BCUT2D eigenvalue weighted by Gasteiger charge is 2.53. The highest BCUT2D eigenvalue weighted by atomic mass is 28.3. The molecule has 2 bridgehead atoms. The van der Waals surface area contributed by atoms with Crippen LogP contribution in [0.3, 0.4) is 0 Å². The molecule has 5 heterocycles. The average Bonchev–Trinajstić information content (AvgIpc) is 3.45. The van der Waals surface area contributed by atoms with E-state index in [2.05, 4.69) is 51.9 Å². The van der Waals surface area contributed by atoms with Crippen molar-refractivity contribution in [2.75, 3.05) is 39.5 Å². The van der Waals surface area contributed by atoms with E-state index in [0.717, 1.165) is 37.3 Å². The second-order valence-corrected chi connectivity index (χ2v) is 16.5. The molecular weight excluding hydrogens is 364 g/mol. The van der Waals surface area contributed by atoms with Crippen molar-refractivity contribution in [1.82, 2.24) is 9.80 Å². The fraction of sp³-hybridized carbons (Fsp3) is 0.818. The second-order valence-electron chi connectivity index (χ2n) is 10.9. The van der Waals surface area contributed by atoms with Crippen molar-refractivity contribution in [3.05, 3.63) is 23.4 Å². The van der Waals surface area contributed by atoms with Crippen molar-refractivity contribution in [1.29, 1.82) is 0 Å². The van der Waals surface area contributed by atoms with Crippen LogP contribution in [0, 0.1) is 17.8 Å². The zero-order valence-corrected chi connectivity index (χ0v) is 18.9. The zero-order chi connectivity index (χ0) is 19.4. The number of fused-ring (bicyclic) bond motifs is 5. The fourth-order valence-corrected chi connectivity index (χ4v) is 6.60. The maximum Gasteiger partial charge on any atom is 0.216 e. The lowest BCUT2D eigenvalue weighted by atomic mass is 9.64. The molecule has 1 aliphatic carbocycles. The molecule has 2 atom stereocenters. The van der Waals surface area contributed by atoms with Gasteiger partial charge in [-0.25, -0.2) is 0 Å². The predicted octanol–water partition coefficient (Wildman–Crippen LogP) is 4.34. The summed E-state index contributed by atoms with van der Waals surface area (Å²) in [5, 5.41) is 9.14. The Kier molecular flexibility index (Phi) is 4.79. The summed E-state index contributed by atoms with van der Waals surface area (Å²) in [5.74, 6) is 2.51. The van der Waals surface area contributed by atoms with Crippen LogP contribution < -0.4 is 0 Å². The summed E-state index contributed by atoms with van der Waals surface area (Å²) in [6.07, 6.45) is 9.92. The monoisotopic (exact) mass is 400 g/mol. The minimum Gasteiger partial charge on any atom is -0.361 e. The minimum absolute atomic E-state index is 0.175. The minimum atomic E-state index is -1.02. The molecule has 0 amide bonds. The maximum atomic E-state index is 6.01. The molecule has 1 unspecified atom stereocenters. The van der Waals surface area contributed by atoms with Crippen LogP contribution in [-0.2, 0) is 4.74 Å². The lowest BCUT2D eigenvalue weighted by Gasteiger charge is -2.49. The summed E-state index contributed by atoms with van der Waals surface area (Å²) < 4.78 is 6.01. The van der Waals surface area contributed by atoms with Crippen LogP contribution in [0.5, 0.6) is 0 Å². The van der Waals surface area contributed by atoms with E-state index in [1.54, 1.807) is 0 Å². The first-order valence-electron chi connectivity index (χ1n) is 11.3. The molecule has 3 saturated heterocycles. The van der Waals surface area contributed by atoms with Gasteiger partial charge in [0.15, 0.2) is 0 Å². The normalized spacial score (nSPS) is 35.6. The van der Waals surface area contributed by atoms with Crippen LogP contribution in [0.1, 0.15) is 25.7 Å². The summed E-state index contributed by atoms with van der Waals surface area (Å²) in [4.78, 5) is 5.04. The third-order valence-electron chi connectivity index (χ3n) is 7.58. The molecule has 0 aromatic rings. The van der Waals surface area contributed by atoms with Crippen LogP contribution in [-0.4, -0.2) is 63.1 Å². The van der Waals surface area contributed by atoms with E-state index in [4.69, 9.17) is 4.74 Å². The zero-order valence-electron chi connectivity index (χ0n) is 17.9. The Morgan fingerprint density at radius 3 is 2.61 bits per heavy atom. The number of hydrogen-bond donors (Lipinski definition) is 0. The van der Waals surface area contributed by atoms with Crippen molar-refractivity contribution >= 4 is 8.07 Å². The van der Waals surface area contributed by atoms with Gasteiger partial charge >= 0.3 is 0 Å². The van der Waals surface area contributed by atoms with Gasteiger partial charge in [-0.2, -0.15) is 10.2 Å². The van der Waals surface area contributed by atoms with Crippen LogP contribution in [0.2, 0.25) is 25.7 Å². The standard InChI is InChI=1S/C22H36N4OSi/c1-28(2,3)11-10-27-16-26-9-6-21-19(14-26)12-18(13-22(21)23-24-22)20-15-25-7-4-17(20)5-8-25/h6,14,17-18,20H,4-5,7-13,15-16H2,1-3H3/t18?,20-/m0/s1. The third kappa shape index (κ3) is 3.75. The van der Waals surface area contributed by atoms with Crippen molar-refractivity contribution in [3.8, 4) is 0 Å². The molecular formula is C22H36N4OSi. The van der Waals surface area contributed by atoms with Gasteiger partial charge in [-0.3, -0.25) is 0 Å². The van der Waals surface area contributed by atoms with E-state index in [1.165, 1.54) is 56.1 Å². The predicted molar refractivity (Wildman–Crippen MR) is 115 cm³/mol. The first kappa shape index (κ1) is 19.0. The molecule has 1 saturated carbocycles. The number of hydrogen-bond acceptors (Lipinski definition) is 5. The van der Waals surface area contributed by atoms with Gasteiger partial charge < -0.3 is 14.5 Å². The quantitative estimate of drug-likeness (QED) is 0.492. The first-order chi connectivity index (χ1) is 13.4. The van der Waals surface area contributed by atoms with Crippen molar-refractivity contribution in [3.63, 3.8) is 0 Å². The number of rotatable bonds is 6. The summed E-state index contributed by atoms with van der Waals surface area (Å²) in [6, 6.07) is 1.24. The van der Waals surface area contributed by atoms with Crippen LogP contribution in [0.4, 0.5) is 0 Å². The molecule has 6 aliphatic rings. The smallest absolute Gasteiger partial charge is 0.216 e. The van der Waals surface area contributed by atoms with Gasteiger partial charge in [0.1, 0.15) is 6.73 Å². The van der Waals surface area contributed by atoms with Crippen LogP contribution in [0.15, 0.2) is 33.7 Å². The van der Waals surface area contributed by atoms with E-state index in [1.807, 2.05) is 0 Å². The maximum absolute atomic E-state index is 6.01. The molecule has 0 aromatic heterocycles. The molecule has 1 spiro atoms. The topological polar surface area (TPSA) is 40.4 Å². The summed E-state index contributed by atoms with van der Waals surface area (Å²) >= 11 is 0. The lowest BCUT2D eigenvalue weighted by molar-refractivity contribution is 0.0121. The van der Waals surface area contributed by atoms with E-state index in [9.17, 15) is 0 Å². The van der Waals surface area contributed by atoms with Gasteiger partial charge in [0.25, 0.3) is 0 Å². The third-order valence-corrected chi connectivity index (χ3v) is 9.29. The second kappa shape index (κ2) is 7.06. The molecule has 6 heteroatoms. The highest BCUT2D eigenvalue weighted by Crippen LogP contribution is 2.55. The molecule has 5 aliphatic heterocycles. The Hall–Kier alpha value is -0.983. The van der Waals surface area contributed by atoms with Gasteiger partial charge in [0.05, 0.1) is 0 Å². The number of nitrogens with zero attached hydrogens (tertiary/aromatic N) is 4. The average molecular weight is 401 g/mol. The van der Waals surface area contributed by atoms with E-state index in [0.29, 0.717) is 6.73 Å². The molecule has 0 N–H and O–H groups in total. The summed E-state index contributed by atoms with van der Waals surface area (Å²) in [5.41, 5.74) is 2.71. The molecule has 28 heavy (non-hydrogen) atoms. The van der Waals surface area contributed by atoms with E-state index >= 15 is 0 Å². The van der Waals surface area contributed by atoms with Gasteiger partial charge in [-0.1, -0.05) is 25.7 Å². The van der Waals surface area contributed by atoms with Crippen LogP contribution >= 0.6 is 0 Å². The molecule has 6 rings (SSSR count). The lowest BCUT2D eigenvalue weighted by Crippen LogP contribution is -2.51. The Bertz CT molecular complexity index is 696. The van der Waals surface area contributed by atoms with Crippen molar-refractivity contribution < 1.29 is 4.74 Å². The molecule has 154 valence electrons. The largest absolute Gasteiger partial charge is 0.361 e. The van der Waals surface area contributed by atoms with Gasteiger partial charge in [-0.05, 0) is 61.7 Å². The van der Waals surface area contributed by atoms with Crippen molar-refractivity contribution in [2.45, 2.75) is 57.0 Å². The van der Waals surface area contributed by atoms with E-state index < -0.39 is 8.07 Å². The van der Waals surface area contributed by atoms with Crippen molar-refractivity contribution in [2.24, 2.45) is 28.0 Å². The van der Waals surface area contributed by atoms with E-state index in [-0.39, 0.29) is 5.66 Å². The van der Waals surface area contributed by atoms with Gasteiger partial charge in [0, 0.05) is 46.0 Å². The summed E-state index contributed by atoms with van der Waals surface area (Å²) in [6.45, 7) is 13.7. The first-order valence-corrected chi connectivity index (χ1v) is 15.0. The molecule has 5 nitrogen and oxygen atoms in total. The number of piperidine rings is 3. The van der Waals surface area contributed by atoms with Gasteiger partial charge in [0.2, 0.25) is 5.66 Å². The molecule has 0 radical (unpaired) electrons. The number of ether oxygens (including phenoxy) is 1. The Balaban J connectivity index is 1.24. The fourth-order valence-electron chi connectivity index (χ4n) is 5.84. The molecule has 0 aromatic carbocycles. The molecule has 4 fully saturated rings.